The van der Waals surface area contributed by atoms with Crippen molar-refractivity contribution in [2.75, 3.05) is 25.0 Å². The van der Waals surface area contributed by atoms with Crippen molar-refractivity contribution in [3.63, 3.8) is 0 Å². The van der Waals surface area contributed by atoms with Crippen LogP contribution < -0.4 is 4.90 Å². The molecule has 3 rings (SSSR count). The minimum atomic E-state index is 0.566. The molecule has 0 aliphatic carbocycles. The smallest absolute Gasteiger partial charge is 0.128 e. The summed E-state index contributed by atoms with van der Waals surface area (Å²) in [4.78, 5) is 9.53. The fourth-order valence-corrected chi connectivity index (χ4v) is 3.20. The summed E-state index contributed by atoms with van der Waals surface area (Å²) < 4.78 is 1.87. The third kappa shape index (κ3) is 3.47. The van der Waals surface area contributed by atoms with Crippen molar-refractivity contribution in [3.05, 3.63) is 41.9 Å². The summed E-state index contributed by atoms with van der Waals surface area (Å²) in [6, 6.07) is 6.84. The summed E-state index contributed by atoms with van der Waals surface area (Å²) in [5.74, 6) is 1.11. The van der Waals surface area contributed by atoms with Crippen LogP contribution in [0.1, 0.15) is 24.1 Å². The van der Waals surface area contributed by atoms with E-state index in [1.807, 2.05) is 17.9 Å². The number of hydrogen-bond acceptors (Lipinski definition) is 4. The van der Waals surface area contributed by atoms with Gasteiger partial charge in [-0.3, -0.25) is 9.58 Å². The summed E-state index contributed by atoms with van der Waals surface area (Å²) in [5.41, 5.74) is 2.36. The molecule has 2 aromatic heterocycles. The lowest BCUT2D eigenvalue weighted by atomic mass is 10.0. The molecule has 1 fully saturated rings. The predicted molar refractivity (Wildman–Crippen MR) is 88.9 cm³/mol. The molecule has 0 spiro atoms. The topological polar surface area (TPSA) is 37.2 Å². The third-order valence-electron chi connectivity index (χ3n) is 4.41. The van der Waals surface area contributed by atoms with Crippen molar-refractivity contribution >= 4 is 5.82 Å². The van der Waals surface area contributed by atoms with E-state index in [0.717, 1.165) is 31.1 Å². The van der Waals surface area contributed by atoms with Gasteiger partial charge in [0.05, 0.1) is 6.20 Å². The van der Waals surface area contributed by atoms with Crippen LogP contribution >= 0.6 is 0 Å². The van der Waals surface area contributed by atoms with Crippen LogP contribution in [0, 0.1) is 6.92 Å². The monoisotopic (exact) mass is 299 g/mol. The molecule has 2 aromatic rings. The number of aryl methyl sites for hydroxylation is 2. The number of hydrogen-bond donors (Lipinski definition) is 0. The maximum absolute atomic E-state index is 4.67. The second-order valence-corrected chi connectivity index (χ2v) is 6.32. The fourth-order valence-electron chi connectivity index (χ4n) is 3.20. The van der Waals surface area contributed by atoms with Crippen molar-refractivity contribution in [3.8, 4) is 0 Å². The molecule has 0 saturated carbocycles. The van der Waals surface area contributed by atoms with Crippen LogP contribution in [-0.2, 0) is 13.6 Å². The first-order chi connectivity index (χ1) is 10.6. The molecule has 0 bridgehead atoms. The second kappa shape index (κ2) is 6.48. The van der Waals surface area contributed by atoms with Crippen LogP contribution in [0.25, 0.3) is 0 Å². The first kappa shape index (κ1) is 15.0. The molecular formula is C17H25N5. The van der Waals surface area contributed by atoms with Gasteiger partial charge in [-0.25, -0.2) is 4.98 Å². The Balaban J connectivity index is 1.64. The van der Waals surface area contributed by atoms with Gasteiger partial charge in [-0.05, 0) is 38.9 Å². The van der Waals surface area contributed by atoms with Crippen LogP contribution in [0.2, 0.25) is 0 Å². The lowest BCUT2D eigenvalue weighted by molar-refractivity contribution is 0.207. The van der Waals surface area contributed by atoms with E-state index in [2.05, 4.69) is 58.2 Å². The molecule has 3 heterocycles. The highest BCUT2D eigenvalue weighted by molar-refractivity contribution is 5.40. The Hall–Kier alpha value is -1.88. The van der Waals surface area contributed by atoms with E-state index in [0.29, 0.717) is 6.04 Å². The van der Waals surface area contributed by atoms with Gasteiger partial charge in [0.2, 0.25) is 0 Å². The van der Waals surface area contributed by atoms with Gasteiger partial charge in [-0.2, -0.15) is 5.10 Å². The molecule has 1 saturated heterocycles. The summed E-state index contributed by atoms with van der Waals surface area (Å²) >= 11 is 0. The summed E-state index contributed by atoms with van der Waals surface area (Å²) in [6.45, 7) is 5.16. The zero-order chi connectivity index (χ0) is 15.5. The average molecular weight is 299 g/mol. The van der Waals surface area contributed by atoms with Crippen LogP contribution in [-0.4, -0.2) is 45.8 Å². The van der Waals surface area contributed by atoms with Gasteiger partial charge in [0.25, 0.3) is 0 Å². The fraction of sp³-hybridized carbons (Fsp3) is 0.529. The Morgan fingerprint density at radius 3 is 2.95 bits per heavy atom. The first-order valence-electron chi connectivity index (χ1n) is 7.98. The second-order valence-electron chi connectivity index (χ2n) is 6.32. The molecule has 1 unspecified atom stereocenters. The normalized spacial score (nSPS) is 18.9. The molecule has 0 radical (unpaired) electrons. The number of pyridine rings is 1. The van der Waals surface area contributed by atoms with Crippen molar-refractivity contribution in [1.29, 1.82) is 0 Å². The summed E-state index contributed by atoms with van der Waals surface area (Å²) in [5, 5.41) is 4.26. The molecular weight excluding hydrogens is 274 g/mol. The molecule has 0 N–H and O–H groups in total. The van der Waals surface area contributed by atoms with Gasteiger partial charge >= 0.3 is 0 Å². The van der Waals surface area contributed by atoms with Gasteiger partial charge in [-0.15, -0.1) is 0 Å². The summed E-state index contributed by atoms with van der Waals surface area (Å²) in [7, 11) is 4.18. The number of anilines is 1. The van der Waals surface area contributed by atoms with E-state index in [-0.39, 0.29) is 0 Å². The Morgan fingerprint density at radius 1 is 1.36 bits per heavy atom. The largest absolute Gasteiger partial charge is 0.355 e. The number of rotatable bonds is 4. The van der Waals surface area contributed by atoms with Gasteiger partial charge in [0.1, 0.15) is 5.82 Å². The molecule has 1 aliphatic rings. The Labute approximate surface area is 132 Å². The highest BCUT2D eigenvalue weighted by Gasteiger charge is 2.24. The van der Waals surface area contributed by atoms with E-state index >= 15 is 0 Å². The van der Waals surface area contributed by atoms with Gasteiger partial charge in [0.15, 0.2) is 0 Å². The Kier molecular flexibility index (Phi) is 4.43. The predicted octanol–water partition coefficient (Wildman–Crippen LogP) is 2.22. The lowest BCUT2D eigenvalue weighted by Gasteiger charge is -2.38. The third-order valence-corrected chi connectivity index (χ3v) is 4.41. The highest BCUT2D eigenvalue weighted by Crippen LogP contribution is 2.21. The van der Waals surface area contributed by atoms with E-state index in [4.69, 9.17) is 0 Å². The molecule has 118 valence electrons. The van der Waals surface area contributed by atoms with Crippen LogP contribution in [0.3, 0.4) is 0 Å². The lowest BCUT2D eigenvalue weighted by Crippen LogP contribution is -2.46. The van der Waals surface area contributed by atoms with Gasteiger partial charge in [0, 0.05) is 50.2 Å². The number of nitrogens with zero attached hydrogens (tertiary/aromatic N) is 5. The van der Waals surface area contributed by atoms with Crippen molar-refractivity contribution in [2.24, 2.45) is 7.05 Å². The Morgan fingerprint density at radius 2 is 2.23 bits per heavy atom. The number of likely N-dealkylation sites (N-methyl/N-ethyl adjacent to an activating group) is 1. The van der Waals surface area contributed by atoms with Crippen LogP contribution in [0.5, 0.6) is 0 Å². The van der Waals surface area contributed by atoms with E-state index in [1.165, 1.54) is 18.4 Å². The van der Waals surface area contributed by atoms with Crippen molar-refractivity contribution < 1.29 is 0 Å². The molecule has 5 heteroatoms. The molecule has 1 atom stereocenters. The van der Waals surface area contributed by atoms with E-state index in [9.17, 15) is 0 Å². The van der Waals surface area contributed by atoms with Crippen LogP contribution in [0.4, 0.5) is 5.82 Å². The molecule has 0 amide bonds. The van der Waals surface area contributed by atoms with Gasteiger partial charge in [-0.1, -0.05) is 6.07 Å². The Bertz CT molecular complexity index is 621. The molecule has 1 aliphatic heterocycles. The number of aromatic nitrogens is 3. The summed E-state index contributed by atoms with van der Waals surface area (Å²) in [6.07, 6.45) is 6.52. The SMILES string of the molecule is Cc1cccc(N2CCCC(N(C)Cc3cnn(C)c3)C2)n1. The van der Waals surface area contributed by atoms with Crippen molar-refractivity contribution in [2.45, 2.75) is 32.4 Å². The van der Waals surface area contributed by atoms with E-state index in [1.54, 1.807) is 0 Å². The maximum atomic E-state index is 4.67. The average Bonchev–Trinajstić information content (AvgIpc) is 2.92. The highest BCUT2D eigenvalue weighted by atomic mass is 15.3. The maximum Gasteiger partial charge on any atom is 0.128 e. The first-order valence-corrected chi connectivity index (χ1v) is 7.98. The van der Waals surface area contributed by atoms with Gasteiger partial charge < -0.3 is 4.90 Å². The van der Waals surface area contributed by atoms with Crippen molar-refractivity contribution in [1.82, 2.24) is 19.7 Å². The standard InChI is InChI=1S/C17H25N5/c1-14-6-4-8-17(19-14)22-9-5-7-16(13-22)20(2)11-15-10-18-21(3)12-15/h4,6,8,10,12,16H,5,7,9,11,13H2,1-3H3. The minimum Gasteiger partial charge on any atom is -0.355 e. The molecule has 5 nitrogen and oxygen atoms in total. The van der Waals surface area contributed by atoms with E-state index < -0.39 is 0 Å². The van der Waals surface area contributed by atoms with Crippen LogP contribution in [0.15, 0.2) is 30.6 Å². The zero-order valence-electron chi connectivity index (χ0n) is 13.7. The quantitative estimate of drug-likeness (QED) is 0.867. The number of piperidine rings is 1. The minimum absolute atomic E-state index is 0.566. The molecule has 0 aromatic carbocycles. The molecule has 22 heavy (non-hydrogen) atoms. The zero-order valence-corrected chi connectivity index (χ0v) is 13.7.